The Morgan fingerprint density at radius 1 is 1.33 bits per heavy atom. The zero-order valence-corrected chi connectivity index (χ0v) is 13.8. The Balaban J connectivity index is 1.65. The highest BCUT2D eigenvalue weighted by molar-refractivity contribution is 6.32. The zero-order chi connectivity index (χ0) is 17.1. The van der Waals surface area contributed by atoms with Crippen LogP contribution in [0.2, 0.25) is 5.02 Å². The van der Waals surface area contributed by atoms with Crippen LogP contribution in [0.25, 0.3) is 10.8 Å². The summed E-state index contributed by atoms with van der Waals surface area (Å²) in [5.74, 6) is -0.261. The monoisotopic (exact) mass is 350 g/mol. The van der Waals surface area contributed by atoms with Crippen molar-refractivity contribution < 1.29 is 14.6 Å². The van der Waals surface area contributed by atoms with Crippen molar-refractivity contribution in [3.8, 4) is 5.75 Å². The molecule has 1 aliphatic carbocycles. The molecule has 2 aromatic rings. The summed E-state index contributed by atoms with van der Waals surface area (Å²) in [7, 11) is 0. The second kappa shape index (κ2) is 7.23. The molecule has 1 saturated carbocycles. The largest absolute Gasteiger partial charge is 0.489 e. The lowest BCUT2D eigenvalue weighted by Crippen LogP contribution is -2.38. The average molecular weight is 351 g/mol. The van der Waals surface area contributed by atoms with Crippen molar-refractivity contribution in [2.45, 2.75) is 37.8 Å². The number of fused-ring (bicyclic) bond motifs is 1. The number of ether oxygens (including phenoxy) is 1. The molecule has 1 aromatic heterocycles. The predicted octanol–water partition coefficient (Wildman–Crippen LogP) is 2.55. The van der Waals surface area contributed by atoms with E-state index in [2.05, 4.69) is 10.3 Å². The highest BCUT2D eigenvalue weighted by Gasteiger charge is 2.23. The molecule has 0 amide bonds. The van der Waals surface area contributed by atoms with Gasteiger partial charge < -0.3 is 20.1 Å². The zero-order valence-electron chi connectivity index (χ0n) is 13.0. The summed E-state index contributed by atoms with van der Waals surface area (Å²) in [6, 6.07) is 5.45. The number of carboxylic acid groups (broad SMARTS) is 1. The summed E-state index contributed by atoms with van der Waals surface area (Å²) >= 11 is 6.25. The molecule has 0 spiro atoms. The summed E-state index contributed by atoms with van der Waals surface area (Å²) in [6.07, 6.45) is 5.04. The molecule has 0 radical (unpaired) electrons. The number of aromatic nitrogens is 1. The third-order valence-corrected chi connectivity index (χ3v) is 4.63. The minimum Gasteiger partial charge on any atom is -0.489 e. The SMILES string of the molecule is O=C(O)CNC1CCC(Oc2cc3cc[nH]c(=O)c3cc2Cl)CC1. The number of benzene rings is 1. The van der Waals surface area contributed by atoms with E-state index in [1.807, 2.05) is 6.07 Å². The highest BCUT2D eigenvalue weighted by atomic mass is 35.5. The van der Waals surface area contributed by atoms with Gasteiger partial charge in [0.25, 0.3) is 5.56 Å². The van der Waals surface area contributed by atoms with Crippen molar-refractivity contribution in [2.75, 3.05) is 6.54 Å². The lowest BCUT2D eigenvalue weighted by molar-refractivity contribution is -0.136. The Labute approximate surface area is 143 Å². The molecule has 6 nitrogen and oxygen atoms in total. The molecule has 0 unspecified atom stereocenters. The van der Waals surface area contributed by atoms with Gasteiger partial charge in [-0.1, -0.05) is 11.6 Å². The third kappa shape index (κ3) is 3.88. The second-order valence-electron chi connectivity index (χ2n) is 6.04. The van der Waals surface area contributed by atoms with Crippen molar-refractivity contribution in [3.63, 3.8) is 0 Å². The number of pyridine rings is 1. The van der Waals surface area contributed by atoms with E-state index in [1.54, 1.807) is 18.3 Å². The van der Waals surface area contributed by atoms with Gasteiger partial charge in [0, 0.05) is 17.6 Å². The molecule has 0 aliphatic heterocycles. The van der Waals surface area contributed by atoms with E-state index < -0.39 is 5.97 Å². The third-order valence-electron chi connectivity index (χ3n) is 4.34. The van der Waals surface area contributed by atoms with E-state index in [0.29, 0.717) is 16.2 Å². The van der Waals surface area contributed by atoms with E-state index in [-0.39, 0.29) is 24.2 Å². The average Bonchev–Trinajstić information content (AvgIpc) is 2.56. The normalized spacial score (nSPS) is 20.9. The van der Waals surface area contributed by atoms with Gasteiger partial charge in [0.2, 0.25) is 0 Å². The number of aromatic amines is 1. The molecule has 0 bridgehead atoms. The number of hydrogen-bond donors (Lipinski definition) is 3. The summed E-state index contributed by atoms with van der Waals surface area (Å²) < 4.78 is 6.02. The van der Waals surface area contributed by atoms with Crippen LogP contribution < -0.4 is 15.6 Å². The van der Waals surface area contributed by atoms with Crippen LogP contribution in [0, 0.1) is 0 Å². The molecule has 3 rings (SSSR count). The van der Waals surface area contributed by atoms with Gasteiger partial charge in [-0.25, -0.2) is 0 Å². The predicted molar refractivity (Wildman–Crippen MR) is 91.9 cm³/mol. The van der Waals surface area contributed by atoms with Gasteiger partial charge in [0.05, 0.1) is 17.7 Å². The molecule has 1 aliphatic rings. The Morgan fingerprint density at radius 2 is 2.08 bits per heavy atom. The first-order chi connectivity index (χ1) is 11.5. The van der Waals surface area contributed by atoms with E-state index in [0.717, 1.165) is 31.1 Å². The maximum atomic E-state index is 11.8. The van der Waals surface area contributed by atoms with Gasteiger partial charge in [-0.2, -0.15) is 0 Å². The summed E-state index contributed by atoms with van der Waals surface area (Å²) in [6.45, 7) is -0.0127. The Morgan fingerprint density at radius 3 is 2.79 bits per heavy atom. The second-order valence-corrected chi connectivity index (χ2v) is 6.45. The number of nitrogens with one attached hydrogen (secondary N) is 2. The van der Waals surface area contributed by atoms with Crippen LogP contribution in [0.15, 0.2) is 29.2 Å². The first-order valence-corrected chi connectivity index (χ1v) is 8.33. The first-order valence-electron chi connectivity index (χ1n) is 7.95. The van der Waals surface area contributed by atoms with E-state index in [9.17, 15) is 9.59 Å². The fraction of sp³-hybridized carbons (Fsp3) is 0.412. The van der Waals surface area contributed by atoms with Crippen LogP contribution in [0.4, 0.5) is 0 Å². The Hall–Kier alpha value is -2.05. The van der Waals surface area contributed by atoms with E-state index in [4.69, 9.17) is 21.4 Å². The molecule has 0 saturated heterocycles. The van der Waals surface area contributed by atoms with Crippen molar-refractivity contribution >= 4 is 28.3 Å². The number of carbonyl (C=O) groups is 1. The molecule has 1 heterocycles. The number of carboxylic acids is 1. The number of rotatable bonds is 5. The molecule has 1 aromatic carbocycles. The van der Waals surface area contributed by atoms with Gasteiger partial charge in [0.15, 0.2) is 0 Å². The van der Waals surface area contributed by atoms with Crippen molar-refractivity contribution in [2.24, 2.45) is 0 Å². The van der Waals surface area contributed by atoms with Gasteiger partial charge in [-0.15, -0.1) is 0 Å². The van der Waals surface area contributed by atoms with Crippen LogP contribution in [-0.2, 0) is 4.79 Å². The van der Waals surface area contributed by atoms with Crippen LogP contribution in [-0.4, -0.2) is 34.8 Å². The summed E-state index contributed by atoms with van der Waals surface area (Å²) in [5, 5.41) is 13.5. The quantitative estimate of drug-likeness (QED) is 0.770. The topological polar surface area (TPSA) is 91.4 Å². The first kappa shape index (κ1) is 16.8. The lowest BCUT2D eigenvalue weighted by atomic mass is 9.93. The fourth-order valence-corrected chi connectivity index (χ4v) is 3.28. The number of halogens is 1. The Bertz CT molecular complexity index is 797. The highest BCUT2D eigenvalue weighted by Crippen LogP contribution is 2.32. The van der Waals surface area contributed by atoms with Gasteiger partial charge in [0.1, 0.15) is 5.75 Å². The van der Waals surface area contributed by atoms with E-state index >= 15 is 0 Å². The fourth-order valence-electron chi connectivity index (χ4n) is 3.07. The van der Waals surface area contributed by atoms with Gasteiger partial charge >= 0.3 is 5.97 Å². The van der Waals surface area contributed by atoms with Crippen LogP contribution >= 0.6 is 11.6 Å². The Kier molecular flexibility index (Phi) is 5.06. The number of hydrogen-bond acceptors (Lipinski definition) is 4. The van der Waals surface area contributed by atoms with Gasteiger partial charge in [-0.3, -0.25) is 9.59 Å². The molecule has 3 N–H and O–H groups in total. The molecule has 7 heteroatoms. The van der Waals surface area contributed by atoms with Crippen molar-refractivity contribution in [3.05, 3.63) is 39.8 Å². The minimum absolute atomic E-state index is 0.0127. The summed E-state index contributed by atoms with van der Waals surface area (Å²) in [4.78, 5) is 25.0. The molecular formula is C17H19ClN2O4. The maximum absolute atomic E-state index is 11.8. The standard InChI is InChI=1S/C17H19ClN2O4/c18-14-8-13-10(5-6-19-17(13)23)7-15(14)24-12-3-1-11(2-4-12)20-9-16(21)22/h5-8,11-12,20H,1-4,9H2,(H,19,23)(H,21,22). The van der Waals surface area contributed by atoms with Crippen LogP contribution in [0.5, 0.6) is 5.75 Å². The van der Waals surface area contributed by atoms with Crippen LogP contribution in [0.1, 0.15) is 25.7 Å². The molecule has 0 atom stereocenters. The smallest absolute Gasteiger partial charge is 0.317 e. The van der Waals surface area contributed by atoms with E-state index in [1.165, 1.54) is 0 Å². The molecule has 24 heavy (non-hydrogen) atoms. The maximum Gasteiger partial charge on any atom is 0.317 e. The number of aliphatic carboxylic acids is 1. The number of H-pyrrole nitrogens is 1. The van der Waals surface area contributed by atoms with Crippen molar-refractivity contribution in [1.82, 2.24) is 10.3 Å². The summed E-state index contributed by atoms with van der Waals surface area (Å²) in [5.41, 5.74) is -0.175. The lowest BCUT2D eigenvalue weighted by Gasteiger charge is -2.29. The molecule has 1 fully saturated rings. The van der Waals surface area contributed by atoms with Crippen molar-refractivity contribution in [1.29, 1.82) is 0 Å². The molecular weight excluding hydrogens is 332 g/mol. The molecule has 128 valence electrons. The van der Waals surface area contributed by atoms with Crippen LogP contribution in [0.3, 0.4) is 0 Å². The van der Waals surface area contributed by atoms with Gasteiger partial charge in [-0.05, 0) is 49.3 Å². The minimum atomic E-state index is -0.841.